The molecule has 0 saturated heterocycles. The number of rotatable bonds is 0. The first kappa shape index (κ1) is 57.8. The van der Waals surface area contributed by atoms with Crippen molar-refractivity contribution in [2.75, 3.05) is 0 Å². The van der Waals surface area contributed by atoms with E-state index in [1.54, 1.807) is 0 Å². The van der Waals surface area contributed by atoms with Crippen LogP contribution >= 0.6 is 39.1 Å². The Hall–Kier alpha value is 2.23. The zero-order chi connectivity index (χ0) is 22.5. The van der Waals surface area contributed by atoms with Gasteiger partial charge < -0.3 is 96.2 Å². The maximum atomic E-state index is 8.55. The van der Waals surface area contributed by atoms with Gasteiger partial charge in [0.2, 0.25) is 0 Å². The van der Waals surface area contributed by atoms with Gasteiger partial charge in [-0.15, -0.1) is 0 Å². The van der Waals surface area contributed by atoms with E-state index >= 15 is 0 Å². The molecule has 0 aromatic carbocycles. The third-order valence-electron chi connectivity index (χ3n) is 0. The summed E-state index contributed by atoms with van der Waals surface area (Å²) in [6.07, 6.45) is 0. The maximum Gasteiger partial charge on any atom is 0 e. The summed E-state index contributed by atoms with van der Waals surface area (Å²) in [6, 6.07) is 0. The fraction of sp³-hybridized carbons (Fsp3) is 0. The summed E-state index contributed by atoms with van der Waals surface area (Å²) < 4.78 is 42.7. The van der Waals surface area contributed by atoms with E-state index in [-0.39, 0.29) is 60.4 Å². The van der Waals surface area contributed by atoms with Crippen LogP contribution < -0.4 is 73.4 Å². The largest absolute Gasteiger partial charge is 0.822 e. The van der Waals surface area contributed by atoms with Gasteiger partial charge in [0.15, 0.2) is 0 Å². The average molecular weight is 648 g/mol. The van der Waals surface area contributed by atoms with Crippen LogP contribution in [-0.4, -0.2) is 0 Å². The third-order valence-corrected chi connectivity index (χ3v) is 0. The maximum absolute atomic E-state index is 8.55. The number of hydrogen-bond donors (Lipinski definition) is 0. The van der Waals surface area contributed by atoms with E-state index < -0.39 is 39.1 Å². The fourth-order valence-corrected chi connectivity index (χ4v) is 0. The molecule has 29 heteroatoms. The molecule has 0 rings (SSSR count). The predicted octanol–water partition coefficient (Wildman–Crippen LogP) is -14.0. The van der Waals surface area contributed by atoms with Gasteiger partial charge in [0.1, 0.15) is 0 Å². The Balaban J connectivity index is -0.0000000238. The average Bonchev–Trinajstić information content (AvgIpc) is 1.79. The van der Waals surface area contributed by atoms with Crippen molar-refractivity contribution in [3.63, 3.8) is 0 Å². The molecule has 0 aromatic rings. The zero-order valence-electron chi connectivity index (χ0n) is 12.2. The Morgan fingerprint density at radius 3 is 0.276 bits per heavy atom. The van der Waals surface area contributed by atoms with Crippen molar-refractivity contribution >= 4 is 39.1 Å². The van der Waals surface area contributed by atoms with E-state index in [1.807, 2.05) is 0 Å². The molecule has 0 bridgehead atoms. The Bertz CT molecular complexity index is 385. The molecule has 0 unspecified atom stereocenters. The minimum Gasteiger partial charge on any atom is -0.822 e. The molecule has 0 aliphatic carbocycles. The van der Waals surface area contributed by atoms with Gasteiger partial charge in [-0.3, -0.25) is 4.70 Å². The quantitative estimate of drug-likeness (QED) is 0.220. The van der Waals surface area contributed by atoms with Crippen LogP contribution in [0.25, 0.3) is 0 Å². The minimum atomic E-state index is -5.39. The molecule has 20 nitrogen and oxygen atoms in total. The molecular weight excluding hydrogens is 647 g/mol. The summed E-state index contributed by atoms with van der Waals surface area (Å²) in [5, 5.41) is 0. The molecule has 0 saturated carbocycles. The summed E-state index contributed by atoms with van der Waals surface area (Å²) in [5.41, 5.74) is 0. The number of phosphoric acid groups is 5. The molecule has 29 heavy (non-hydrogen) atoms. The van der Waals surface area contributed by atoms with Gasteiger partial charge in [-0.1, -0.05) is 0 Å². The Morgan fingerprint density at radius 1 is 0.276 bits per heavy atom. The molecule has 0 N–H and O–H groups in total. The molecule has 0 aromatic heterocycles. The summed E-state index contributed by atoms with van der Waals surface area (Å²) >= 11 is 0. The monoisotopic (exact) mass is 648 g/mol. The zero-order valence-corrected chi connectivity index (χ0v) is 20.8. The Morgan fingerprint density at radius 2 is 0.276 bits per heavy atom. The van der Waals surface area contributed by atoms with Crippen molar-refractivity contribution in [3.05, 3.63) is 0 Å². The van der Waals surface area contributed by atoms with E-state index in [0.717, 1.165) is 0 Å². The predicted molar refractivity (Wildman–Crippen MR) is 40.5 cm³/mol. The molecule has 0 aliphatic rings. The van der Waals surface area contributed by atoms with Crippen LogP contribution in [0.5, 0.6) is 0 Å². The van der Waals surface area contributed by atoms with Gasteiger partial charge in [0.25, 0.3) is 0 Å². The normalized spacial score (nSPS) is 10.2. The van der Waals surface area contributed by atoms with Crippen LogP contribution in [-0.2, 0) is 78.5 Å². The van der Waals surface area contributed by atoms with E-state index in [4.69, 9.17) is 96.2 Å². The second-order valence-electron chi connectivity index (χ2n) is 2.24. The Kier molecular flexibility index (Phi) is 49.5. The van der Waals surface area contributed by atoms with E-state index in [0.29, 0.717) is 0 Å². The number of halogens is 1. The van der Waals surface area contributed by atoms with Gasteiger partial charge in [-0.25, -0.2) is 0 Å². The van der Waals surface area contributed by atoms with Crippen LogP contribution in [0, 0.1) is 0 Å². The Labute approximate surface area is 195 Å². The smallest absolute Gasteiger partial charge is 0 e. The number of hydrogen-bond acceptors (Lipinski definition) is 20. The first-order valence-electron chi connectivity index (χ1n) is 3.65. The molecule has 0 aliphatic heterocycles. The van der Waals surface area contributed by atoms with Gasteiger partial charge in [0.05, 0.1) is 0 Å². The van der Waals surface area contributed by atoms with Gasteiger partial charge in [-0.05, 0) is 0 Å². The molecule has 183 valence electrons. The van der Waals surface area contributed by atoms with E-state index in [2.05, 4.69) is 0 Å². The third kappa shape index (κ3) is 4830. The van der Waals surface area contributed by atoms with Crippen LogP contribution in [0.15, 0.2) is 0 Å². The van der Waals surface area contributed by atoms with Crippen molar-refractivity contribution in [3.8, 4) is 0 Å². The molecule has 0 spiro atoms. The molecular formula is HFO20P5V3-15. The van der Waals surface area contributed by atoms with Crippen LogP contribution in [0.1, 0.15) is 0 Å². The molecule has 0 amide bonds. The van der Waals surface area contributed by atoms with Crippen LogP contribution in [0.4, 0.5) is 4.70 Å². The standard InChI is InChI=1S/FH.5H3O4P.3V/c;5*1-5(2,3)4;;;/h1H;5*(H3,1,2,3,4);;;/p-15. The molecule has 0 heterocycles. The molecule has 0 atom stereocenters. The van der Waals surface area contributed by atoms with E-state index in [9.17, 15) is 0 Å². The van der Waals surface area contributed by atoms with E-state index in [1.165, 1.54) is 0 Å². The summed E-state index contributed by atoms with van der Waals surface area (Å²) in [4.78, 5) is 128. The van der Waals surface area contributed by atoms with Gasteiger partial charge in [-0.2, -0.15) is 39.1 Å². The summed E-state index contributed by atoms with van der Waals surface area (Å²) in [5.74, 6) is 0. The fourth-order valence-electron chi connectivity index (χ4n) is 0. The van der Waals surface area contributed by atoms with Crippen LogP contribution in [0.3, 0.4) is 0 Å². The SMILES string of the molecule is F.O=P([O-])([O-])[O-].O=P([O-])([O-])[O-].O=P([O-])([O-])[O-].O=P([O-])([O-])[O-].O=P([O-])([O-])[O-].[V].[V].[V]. The van der Waals surface area contributed by atoms with Crippen molar-refractivity contribution in [2.24, 2.45) is 0 Å². The second-order valence-corrected chi connectivity index (χ2v) is 6.71. The van der Waals surface area contributed by atoms with Crippen LogP contribution in [0.2, 0.25) is 0 Å². The second kappa shape index (κ2) is 24.9. The molecule has 0 fully saturated rings. The van der Waals surface area contributed by atoms with Crippen molar-refractivity contribution in [1.82, 2.24) is 0 Å². The topological polar surface area (TPSA) is 431 Å². The van der Waals surface area contributed by atoms with Crippen molar-refractivity contribution in [2.45, 2.75) is 0 Å². The first-order valence-corrected chi connectivity index (χ1v) is 11.0. The minimum absolute atomic E-state index is 0. The molecule has 3 radical (unpaired) electrons. The first-order chi connectivity index (χ1) is 10.0. The summed E-state index contributed by atoms with van der Waals surface area (Å²) in [7, 11) is -26.9. The van der Waals surface area contributed by atoms with Gasteiger partial charge >= 0.3 is 0 Å². The van der Waals surface area contributed by atoms with Gasteiger partial charge in [0, 0.05) is 55.7 Å². The van der Waals surface area contributed by atoms with Crippen molar-refractivity contribution < 1.29 is 157 Å². The van der Waals surface area contributed by atoms with Crippen molar-refractivity contribution in [1.29, 1.82) is 0 Å². The summed E-state index contributed by atoms with van der Waals surface area (Å²) in [6.45, 7) is 0.